The lowest BCUT2D eigenvalue weighted by molar-refractivity contribution is -0.138. The molecule has 2 N–H and O–H groups in total. The molecule has 7 heteroatoms. The molecule has 130 valence electrons. The van der Waals surface area contributed by atoms with E-state index in [9.17, 15) is 22.7 Å². The van der Waals surface area contributed by atoms with E-state index in [0.29, 0.717) is 25.2 Å². The highest BCUT2D eigenvalue weighted by atomic mass is 19.4. The van der Waals surface area contributed by atoms with Gasteiger partial charge in [-0.25, -0.2) is 4.39 Å². The van der Waals surface area contributed by atoms with Crippen molar-refractivity contribution < 1.29 is 22.7 Å². The van der Waals surface area contributed by atoms with E-state index in [0.717, 1.165) is 12.8 Å². The van der Waals surface area contributed by atoms with Crippen molar-refractivity contribution in [3.63, 3.8) is 0 Å². The fourth-order valence-corrected chi connectivity index (χ4v) is 2.73. The van der Waals surface area contributed by atoms with Crippen LogP contribution in [0.25, 0.3) is 0 Å². The molecule has 1 fully saturated rings. The highest BCUT2D eigenvalue weighted by Crippen LogP contribution is 2.21. The normalized spacial score (nSPS) is 19.0. The predicted molar refractivity (Wildman–Crippen MR) is 79.5 cm³/mol. The van der Waals surface area contributed by atoms with Gasteiger partial charge in [-0.05, 0) is 43.6 Å². The third-order valence-electron chi connectivity index (χ3n) is 4.15. The fraction of sp³-hybridized carbons (Fsp3) is 0.625. The monoisotopic (exact) mass is 334 g/mol. The molecule has 2 rings (SSSR count). The smallest absolute Gasteiger partial charge is 0.387 e. The van der Waals surface area contributed by atoms with Crippen LogP contribution < -0.4 is 5.32 Å². The largest absolute Gasteiger partial charge is 0.390 e. The first-order valence-electron chi connectivity index (χ1n) is 7.79. The molecule has 0 aliphatic carbocycles. The zero-order valence-corrected chi connectivity index (χ0v) is 12.8. The van der Waals surface area contributed by atoms with E-state index in [1.54, 1.807) is 12.1 Å². The Morgan fingerprint density at radius 3 is 2.35 bits per heavy atom. The van der Waals surface area contributed by atoms with Gasteiger partial charge < -0.3 is 15.3 Å². The summed E-state index contributed by atoms with van der Waals surface area (Å²) in [6.45, 7) is 1.65. The summed E-state index contributed by atoms with van der Waals surface area (Å²) < 4.78 is 49.4. The minimum Gasteiger partial charge on any atom is -0.387 e. The van der Waals surface area contributed by atoms with E-state index in [4.69, 9.17) is 0 Å². The van der Waals surface area contributed by atoms with E-state index < -0.39 is 18.7 Å². The lowest BCUT2D eigenvalue weighted by Gasteiger charge is -2.33. The maximum Gasteiger partial charge on any atom is 0.390 e. The van der Waals surface area contributed by atoms with Crippen LogP contribution in [0, 0.1) is 5.82 Å². The lowest BCUT2D eigenvalue weighted by atomic mass is 10.0. The number of rotatable bonds is 6. The zero-order chi connectivity index (χ0) is 16.9. The van der Waals surface area contributed by atoms with E-state index >= 15 is 0 Å². The first-order valence-corrected chi connectivity index (χ1v) is 7.79. The van der Waals surface area contributed by atoms with Gasteiger partial charge in [0.15, 0.2) is 0 Å². The molecule has 0 bridgehead atoms. The van der Waals surface area contributed by atoms with Gasteiger partial charge in [-0.15, -0.1) is 0 Å². The Morgan fingerprint density at radius 1 is 1.17 bits per heavy atom. The van der Waals surface area contributed by atoms with Gasteiger partial charge in [0.2, 0.25) is 0 Å². The number of aliphatic hydroxyl groups excluding tert-OH is 1. The molecule has 23 heavy (non-hydrogen) atoms. The molecule has 0 saturated carbocycles. The summed E-state index contributed by atoms with van der Waals surface area (Å²) in [4.78, 5) is 1.82. The summed E-state index contributed by atoms with van der Waals surface area (Å²) in [5.41, 5.74) is 0.640. The minimum absolute atomic E-state index is 0.0500. The molecule has 1 aromatic carbocycles. The molecule has 0 radical (unpaired) electrons. The van der Waals surface area contributed by atoms with Gasteiger partial charge in [-0.1, -0.05) is 12.1 Å². The van der Waals surface area contributed by atoms with Gasteiger partial charge in [0.1, 0.15) is 5.82 Å². The summed E-state index contributed by atoms with van der Waals surface area (Å²) in [6.07, 6.45) is -4.08. The highest BCUT2D eigenvalue weighted by Gasteiger charge is 2.29. The first kappa shape index (κ1) is 18.2. The van der Waals surface area contributed by atoms with Crippen LogP contribution in [0.3, 0.4) is 0 Å². The maximum absolute atomic E-state index is 12.8. The van der Waals surface area contributed by atoms with Crippen LogP contribution in [0.1, 0.15) is 30.9 Å². The number of aliphatic hydroxyl groups is 1. The van der Waals surface area contributed by atoms with Crippen molar-refractivity contribution in [1.82, 2.24) is 10.2 Å². The summed E-state index contributed by atoms with van der Waals surface area (Å²) in [5, 5.41) is 13.3. The number of benzene rings is 1. The molecule has 1 aliphatic heterocycles. The average molecular weight is 334 g/mol. The Labute approximate surface area is 133 Å². The number of hydrogen-bond donors (Lipinski definition) is 2. The summed E-state index contributed by atoms with van der Waals surface area (Å²) >= 11 is 0. The molecule has 0 spiro atoms. The van der Waals surface area contributed by atoms with E-state index in [1.165, 1.54) is 12.1 Å². The number of likely N-dealkylation sites (tertiary alicyclic amines) is 1. The molecule has 1 heterocycles. The van der Waals surface area contributed by atoms with Crippen LogP contribution >= 0.6 is 0 Å². The second kappa shape index (κ2) is 8.08. The van der Waals surface area contributed by atoms with Gasteiger partial charge in [-0.2, -0.15) is 13.2 Å². The van der Waals surface area contributed by atoms with Crippen LogP contribution in [0.2, 0.25) is 0 Å². The van der Waals surface area contributed by atoms with Gasteiger partial charge in [0.05, 0.1) is 12.5 Å². The van der Waals surface area contributed by atoms with Crippen molar-refractivity contribution >= 4 is 0 Å². The standard InChI is InChI=1S/C16H22F4N2O/c17-13-3-1-12(2-4-13)15(23)11-21-14-5-8-22(9-6-14)10-7-16(18,19)20/h1-4,14-15,21,23H,5-11H2. The minimum atomic E-state index is -4.10. The molecule has 3 nitrogen and oxygen atoms in total. The molecular weight excluding hydrogens is 312 g/mol. The summed E-state index contributed by atoms with van der Waals surface area (Å²) in [7, 11) is 0. The third kappa shape index (κ3) is 6.45. The maximum atomic E-state index is 12.8. The van der Waals surface area contributed by atoms with Crippen molar-refractivity contribution in [3.05, 3.63) is 35.6 Å². The topological polar surface area (TPSA) is 35.5 Å². The zero-order valence-electron chi connectivity index (χ0n) is 12.8. The van der Waals surface area contributed by atoms with Crippen LogP contribution in [0.5, 0.6) is 0 Å². The van der Waals surface area contributed by atoms with Crippen LogP contribution in [0.4, 0.5) is 17.6 Å². The SMILES string of the molecule is OC(CNC1CCN(CCC(F)(F)F)CC1)c1ccc(F)cc1. The van der Waals surface area contributed by atoms with Crippen LogP contribution in [-0.4, -0.2) is 48.4 Å². The van der Waals surface area contributed by atoms with Crippen molar-refractivity contribution in [2.75, 3.05) is 26.2 Å². The Kier molecular flexibility index (Phi) is 6.38. The highest BCUT2D eigenvalue weighted by molar-refractivity contribution is 5.18. The second-order valence-corrected chi connectivity index (χ2v) is 5.96. The molecule has 1 aromatic rings. The number of piperidine rings is 1. The summed E-state index contributed by atoms with van der Waals surface area (Å²) in [6, 6.07) is 5.88. The van der Waals surface area contributed by atoms with E-state index in [2.05, 4.69) is 5.32 Å². The number of alkyl halides is 3. The summed E-state index contributed by atoms with van der Waals surface area (Å²) in [5.74, 6) is -0.347. The second-order valence-electron chi connectivity index (χ2n) is 5.96. The molecule has 1 atom stereocenters. The third-order valence-corrected chi connectivity index (χ3v) is 4.15. The van der Waals surface area contributed by atoms with Crippen molar-refractivity contribution in [1.29, 1.82) is 0 Å². The fourth-order valence-electron chi connectivity index (χ4n) is 2.73. The predicted octanol–water partition coefficient (Wildman–Crippen LogP) is 2.87. The van der Waals surface area contributed by atoms with Gasteiger partial charge in [-0.3, -0.25) is 0 Å². The first-order chi connectivity index (χ1) is 10.8. The quantitative estimate of drug-likeness (QED) is 0.786. The molecule has 0 amide bonds. The molecule has 1 saturated heterocycles. The molecule has 1 unspecified atom stereocenters. The Balaban J connectivity index is 1.67. The van der Waals surface area contributed by atoms with Gasteiger partial charge in [0.25, 0.3) is 0 Å². The molecular formula is C16H22F4N2O. The van der Waals surface area contributed by atoms with Crippen molar-refractivity contribution in [2.24, 2.45) is 0 Å². The van der Waals surface area contributed by atoms with E-state index in [1.807, 2.05) is 4.90 Å². The van der Waals surface area contributed by atoms with Crippen LogP contribution in [-0.2, 0) is 0 Å². The number of hydrogen-bond acceptors (Lipinski definition) is 3. The molecule has 0 aromatic heterocycles. The number of nitrogens with one attached hydrogen (secondary N) is 1. The van der Waals surface area contributed by atoms with Crippen LogP contribution in [0.15, 0.2) is 24.3 Å². The lowest BCUT2D eigenvalue weighted by Crippen LogP contribution is -2.44. The Hall–Kier alpha value is -1.18. The Morgan fingerprint density at radius 2 is 1.78 bits per heavy atom. The van der Waals surface area contributed by atoms with Crippen molar-refractivity contribution in [3.8, 4) is 0 Å². The Bertz CT molecular complexity index is 470. The van der Waals surface area contributed by atoms with Gasteiger partial charge in [0, 0.05) is 19.1 Å². The van der Waals surface area contributed by atoms with Crippen molar-refractivity contribution in [2.45, 2.75) is 37.6 Å². The number of halogens is 4. The average Bonchev–Trinajstić information content (AvgIpc) is 2.51. The van der Waals surface area contributed by atoms with Gasteiger partial charge >= 0.3 is 6.18 Å². The number of nitrogens with zero attached hydrogens (tertiary/aromatic N) is 1. The van der Waals surface area contributed by atoms with E-state index in [-0.39, 0.29) is 18.4 Å². The molecule has 1 aliphatic rings.